The molecule has 0 spiro atoms. The van der Waals surface area contributed by atoms with Gasteiger partial charge in [-0.2, -0.15) is 0 Å². The number of carbonyl (C=O) groups is 2. The quantitative estimate of drug-likeness (QED) is 0.788. The maximum atomic E-state index is 13.6. The zero-order chi connectivity index (χ0) is 18.7. The van der Waals surface area contributed by atoms with E-state index >= 15 is 0 Å². The number of nitrogens with zero attached hydrogens (tertiary/aromatic N) is 1. The standard InChI is InChI=1S/C20H20FNO4/c1-13-5-6-15(11-17(13)21)20(24)26-12-19(23)22-9-3-4-14-10-16(25-2)7-8-18(14)22/h5-8,10-11H,3-4,9,12H2,1-2H3. The fraction of sp³-hybridized carbons (Fsp3) is 0.300. The first-order chi connectivity index (χ1) is 12.5. The van der Waals surface area contributed by atoms with E-state index in [0.717, 1.165) is 35.9 Å². The molecule has 0 atom stereocenters. The number of benzene rings is 2. The SMILES string of the molecule is COc1ccc2c(c1)CCCN2C(=O)COC(=O)c1ccc(C)c(F)c1. The predicted octanol–water partition coefficient (Wildman–Crippen LogP) is 3.28. The molecule has 0 aliphatic carbocycles. The number of rotatable bonds is 4. The van der Waals surface area contributed by atoms with Gasteiger partial charge in [-0.25, -0.2) is 9.18 Å². The molecule has 0 bridgehead atoms. The summed E-state index contributed by atoms with van der Waals surface area (Å²) in [5.74, 6) is -0.767. The number of halogens is 1. The van der Waals surface area contributed by atoms with Crippen molar-refractivity contribution in [2.75, 3.05) is 25.2 Å². The van der Waals surface area contributed by atoms with Gasteiger partial charge in [-0.15, -0.1) is 0 Å². The Morgan fingerprint density at radius 3 is 2.73 bits per heavy atom. The lowest BCUT2D eigenvalue weighted by atomic mass is 10.0. The van der Waals surface area contributed by atoms with E-state index in [9.17, 15) is 14.0 Å². The van der Waals surface area contributed by atoms with Gasteiger partial charge in [0.2, 0.25) is 0 Å². The van der Waals surface area contributed by atoms with Gasteiger partial charge in [-0.3, -0.25) is 4.79 Å². The highest BCUT2D eigenvalue weighted by atomic mass is 19.1. The summed E-state index contributed by atoms with van der Waals surface area (Å²) in [7, 11) is 1.60. The fourth-order valence-corrected chi connectivity index (χ4v) is 2.97. The molecule has 1 aliphatic rings. The largest absolute Gasteiger partial charge is 0.497 e. The van der Waals surface area contributed by atoms with Crippen molar-refractivity contribution in [2.45, 2.75) is 19.8 Å². The number of ether oxygens (including phenoxy) is 2. The van der Waals surface area contributed by atoms with Crippen LogP contribution in [0.1, 0.15) is 27.9 Å². The second-order valence-corrected chi connectivity index (χ2v) is 6.18. The zero-order valence-corrected chi connectivity index (χ0v) is 14.8. The smallest absolute Gasteiger partial charge is 0.338 e. The Labute approximate surface area is 151 Å². The van der Waals surface area contributed by atoms with Gasteiger partial charge in [0, 0.05) is 12.2 Å². The minimum absolute atomic E-state index is 0.0877. The van der Waals surface area contributed by atoms with E-state index in [2.05, 4.69) is 0 Å². The predicted molar refractivity (Wildman–Crippen MR) is 95.1 cm³/mol. The van der Waals surface area contributed by atoms with E-state index in [1.807, 2.05) is 12.1 Å². The maximum absolute atomic E-state index is 13.6. The molecule has 5 nitrogen and oxygen atoms in total. The molecule has 2 aromatic rings. The first-order valence-corrected chi connectivity index (χ1v) is 8.40. The highest BCUT2D eigenvalue weighted by Crippen LogP contribution is 2.30. The first kappa shape index (κ1) is 17.9. The third-order valence-corrected chi connectivity index (χ3v) is 4.44. The molecule has 0 unspecified atom stereocenters. The molecule has 2 aromatic carbocycles. The average molecular weight is 357 g/mol. The van der Waals surface area contributed by atoms with Gasteiger partial charge in [0.1, 0.15) is 11.6 Å². The van der Waals surface area contributed by atoms with Crippen molar-refractivity contribution in [1.29, 1.82) is 0 Å². The van der Waals surface area contributed by atoms with Crippen LogP contribution in [0.4, 0.5) is 10.1 Å². The van der Waals surface area contributed by atoms with E-state index in [1.165, 1.54) is 12.1 Å². The highest BCUT2D eigenvalue weighted by Gasteiger charge is 2.24. The molecule has 26 heavy (non-hydrogen) atoms. The molecule has 0 saturated carbocycles. The van der Waals surface area contributed by atoms with E-state index in [1.54, 1.807) is 25.0 Å². The molecular formula is C20H20FNO4. The Balaban J connectivity index is 1.67. The van der Waals surface area contributed by atoms with Crippen LogP contribution < -0.4 is 9.64 Å². The second kappa shape index (κ2) is 7.56. The van der Waals surface area contributed by atoms with Crippen LogP contribution in [0.3, 0.4) is 0 Å². The van der Waals surface area contributed by atoms with Crippen LogP contribution >= 0.6 is 0 Å². The molecule has 0 aromatic heterocycles. The number of carbonyl (C=O) groups excluding carboxylic acids is 2. The second-order valence-electron chi connectivity index (χ2n) is 6.18. The summed E-state index contributed by atoms with van der Waals surface area (Å²) in [5.41, 5.74) is 2.36. The molecular weight excluding hydrogens is 337 g/mol. The molecule has 136 valence electrons. The Morgan fingerprint density at radius 1 is 1.19 bits per heavy atom. The number of fused-ring (bicyclic) bond motifs is 1. The van der Waals surface area contributed by atoms with Gasteiger partial charge < -0.3 is 14.4 Å². The minimum Gasteiger partial charge on any atom is -0.497 e. The van der Waals surface area contributed by atoms with E-state index in [0.29, 0.717) is 12.1 Å². The molecule has 0 saturated heterocycles. The van der Waals surface area contributed by atoms with Crippen LogP contribution in [0.2, 0.25) is 0 Å². The first-order valence-electron chi connectivity index (χ1n) is 8.40. The van der Waals surface area contributed by atoms with Crippen molar-refractivity contribution >= 4 is 17.6 Å². The summed E-state index contributed by atoms with van der Waals surface area (Å²) in [5, 5.41) is 0. The number of esters is 1. The Bertz CT molecular complexity index is 850. The molecule has 6 heteroatoms. The summed E-state index contributed by atoms with van der Waals surface area (Å²) in [6.07, 6.45) is 1.68. The van der Waals surface area contributed by atoms with E-state index in [4.69, 9.17) is 9.47 Å². The summed E-state index contributed by atoms with van der Waals surface area (Å²) in [6, 6.07) is 9.64. The third kappa shape index (κ3) is 3.69. The van der Waals surface area contributed by atoms with Gasteiger partial charge in [0.25, 0.3) is 5.91 Å². The third-order valence-electron chi connectivity index (χ3n) is 4.44. The van der Waals surface area contributed by atoms with E-state index in [-0.39, 0.29) is 18.1 Å². The molecule has 0 N–H and O–H groups in total. The van der Waals surface area contributed by atoms with Gasteiger partial charge >= 0.3 is 5.97 Å². The van der Waals surface area contributed by atoms with Crippen LogP contribution in [0.15, 0.2) is 36.4 Å². The number of anilines is 1. The van der Waals surface area contributed by atoms with Gasteiger partial charge in [-0.05, 0) is 61.2 Å². The molecule has 0 fully saturated rings. The monoisotopic (exact) mass is 357 g/mol. The van der Waals surface area contributed by atoms with Crippen molar-refractivity contribution in [3.63, 3.8) is 0 Å². The van der Waals surface area contributed by atoms with Gasteiger partial charge in [0.05, 0.1) is 12.7 Å². The van der Waals surface area contributed by atoms with Crippen LogP contribution in [0.5, 0.6) is 5.75 Å². The minimum atomic E-state index is -0.718. The highest BCUT2D eigenvalue weighted by molar-refractivity contribution is 5.98. The van der Waals surface area contributed by atoms with Gasteiger partial charge in [-0.1, -0.05) is 6.07 Å². The number of methoxy groups -OCH3 is 1. The Hall–Kier alpha value is -2.89. The zero-order valence-electron chi connectivity index (χ0n) is 14.8. The number of hydrogen-bond acceptors (Lipinski definition) is 4. The maximum Gasteiger partial charge on any atom is 0.338 e. The van der Waals surface area contributed by atoms with Crippen molar-refractivity contribution < 1.29 is 23.5 Å². The summed E-state index contributed by atoms with van der Waals surface area (Å²) in [6.45, 7) is 1.78. The lowest BCUT2D eigenvalue weighted by Crippen LogP contribution is -2.38. The van der Waals surface area contributed by atoms with Crippen molar-refractivity contribution in [3.05, 3.63) is 58.9 Å². The summed E-state index contributed by atoms with van der Waals surface area (Å²) < 4.78 is 23.9. The van der Waals surface area contributed by atoms with Crippen LogP contribution in [-0.4, -0.2) is 32.1 Å². The lowest BCUT2D eigenvalue weighted by Gasteiger charge is -2.29. The molecule has 1 heterocycles. The summed E-state index contributed by atoms with van der Waals surface area (Å²) >= 11 is 0. The average Bonchev–Trinajstić information content (AvgIpc) is 2.66. The van der Waals surface area contributed by atoms with Crippen molar-refractivity contribution in [2.24, 2.45) is 0 Å². The number of amides is 1. The van der Waals surface area contributed by atoms with Crippen molar-refractivity contribution in [1.82, 2.24) is 0 Å². The number of hydrogen-bond donors (Lipinski definition) is 0. The van der Waals surface area contributed by atoms with Crippen LogP contribution in [0, 0.1) is 12.7 Å². The fourth-order valence-electron chi connectivity index (χ4n) is 2.97. The topological polar surface area (TPSA) is 55.8 Å². The van der Waals surface area contributed by atoms with Gasteiger partial charge in [0.15, 0.2) is 6.61 Å². The molecule has 1 amide bonds. The van der Waals surface area contributed by atoms with E-state index < -0.39 is 11.8 Å². The molecule has 0 radical (unpaired) electrons. The van der Waals surface area contributed by atoms with Crippen LogP contribution in [0.25, 0.3) is 0 Å². The summed E-state index contributed by atoms with van der Waals surface area (Å²) in [4.78, 5) is 26.2. The molecule has 3 rings (SSSR count). The lowest BCUT2D eigenvalue weighted by molar-refractivity contribution is -0.121. The van der Waals surface area contributed by atoms with Crippen LogP contribution in [-0.2, 0) is 16.0 Å². The Kier molecular flexibility index (Phi) is 5.21. The Morgan fingerprint density at radius 2 is 2.00 bits per heavy atom. The van der Waals surface area contributed by atoms with Crippen molar-refractivity contribution in [3.8, 4) is 5.75 Å². The number of aryl methyl sites for hydroxylation is 2. The normalized spacial score (nSPS) is 13.1. The molecule has 1 aliphatic heterocycles.